The Labute approximate surface area is 103 Å². The largest absolute Gasteiger partial charge is 0.348 e. The standard InChI is InChI=1S/C12H18N2O.ClH/c1-3-11(14-12(15)9(2)13)10-7-5-4-6-8-10;/h4-9,11H,3,13H2,1-2H3,(H,14,15);1H/t9-,11?;/m0./s1. The van der Waals surface area contributed by atoms with Crippen molar-refractivity contribution in [1.29, 1.82) is 0 Å². The van der Waals surface area contributed by atoms with Crippen molar-refractivity contribution in [1.82, 2.24) is 5.32 Å². The number of carbonyl (C=O) groups excluding carboxylic acids is 1. The van der Waals surface area contributed by atoms with E-state index < -0.39 is 6.04 Å². The maximum atomic E-state index is 11.4. The van der Waals surface area contributed by atoms with E-state index in [2.05, 4.69) is 5.32 Å². The summed E-state index contributed by atoms with van der Waals surface area (Å²) >= 11 is 0. The Balaban J connectivity index is 0.00000225. The van der Waals surface area contributed by atoms with Crippen LogP contribution in [0.3, 0.4) is 0 Å². The third-order valence-electron chi connectivity index (χ3n) is 2.34. The highest BCUT2D eigenvalue weighted by Gasteiger charge is 2.14. The number of amides is 1. The van der Waals surface area contributed by atoms with Gasteiger partial charge in [0.2, 0.25) is 5.91 Å². The van der Waals surface area contributed by atoms with E-state index >= 15 is 0 Å². The third kappa shape index (κ3) is 4.21. The maximum Gasteiger partial charge on any atom is 0.237 e. The second-order valence-electron chi connectivity index (χ2n) is 3.67. The van der Waals surface area contributed by atoms with E-state index in [1.807, 2.05) is 37.3 Å². The van der Waals surface area contributed by atoms with Crippen molar-refractivity contribution in [2.24, 2.45) is 5.73 Å². The molecule has 0 saturated carbocycles. The van der Waals surface area contributed by atoms with Gasteiger partial charge in [0.15, 0.2) is 0 Å². The molecule has 1 aromatic carbocycles. The van der Waals surface area contributed by atoms with E-state index in [4.69, 9.17) is 5.73 Å². The Bertz CT molecular complexity index is 314. The second kappa shape index (κ2) is 7.25. The minimum atomic E-state index is -0.456. The lowest BCUT2D eigenvalue weighted by molar-refractivity contribution is -0.122. The fourth-order valence-corrected chi connectivity index (χ4v) is 1.41. The molecule has 0 radical (unpaired) electrons. The monoisotopic (exact) mass is 242 g/mol. The van der Waals surface area contributed by atoms with Crippen LogP contribution in [0.25, 0.3) is 0 Å². The molecule has 3 N–H and O–H groups in total. The molecule has 1 rings (SSSR count). The molecular weight excluding hydrogens is 224 g/mol. The highest BCUT2D eigenvalue weighted by Crippen LogP contribution is 2.15. The predicted molar refractivity (Wildman–Crippen MR) is 68.5 cm³/mol. The molecule has 2 atom stereocenters. The zero-order valence-electron chi connectivity index (χ0n) is 9.64. The van der Waals surface area contributed by atoms with Crippen molar-refractivity contribution in [3.8, 4) is 0 Å². The Morgan fingerprint density at radius 1 is 1.38 bits per heavy atom. The number of halogens is 1. The quantitative estimate of drug-likeness (QED) is 0.849. The fourth-order valence-electron chi connectivity index (χ4n) is 1.41. The summed E-state index contributed by atoms with van der Waals surface area (Å²) in [6.45, 7) is 3.73. The van der Waals surface area contributed by atoms with Gasteiger partial charge in [0.1, 0.15) is 0 Å². The van der Waals surface area contributed by atoms with Crippen LogP contribution in [0.5, 0.6) is 0 Å². The number of hydrogen-bond donors (Lipinski definition) is 2. The van der Waals surface area contributed by atoms with E-state index in [0.717, 1.165) is 12.0 Å². The van der Waals surface area contributed by atoms with Crippen molar-refractivity contribution in [3.05, 3.63) is 35.9 Å². The van der Waals surface area contributed by atoms with E-state index in [1.165, 1.54) is 0 Å². The van der Waals surface area contributed by atoms with Crippen LogP contribution >= 0.6 is 12.4 Å². The number of nitrogens with one attached hydrogen (secondary N) is 1. The summed E-state index contributed by atoms with van der Waals surface area (Å²) < 4.78 is 0. The molecule has 16 heavy (non-hydrogen) atoms. The highest BCUT2D eigenvalue weighted by molar-refractivity contribution is 5.85. The van der Waals surface area contributed by atoms with Gasteiger partial charge >= 0.3 is 0 Å². The van der Waals surface area contributed by atoms with Gasteiger partial charge in [-0.05, 0) is 18.9 Å². The molecule has 0 bridgehead atoms. The first-order valence-electron chi connectivity index (χ1n) is 5.26. The smallest absolute Gasteiger partial charge is 0.237 e. The van der Waals surface area contributed by atoms with Crippen LogP contribution in [0, 0.1) is 0 Å². The van der Waals surface area contributed by atoms with Gasteiger partial charge in [0, 0.05) is 0 Å². The molecule has 0 heterocycles. The van der Waals surface area contributed by atoms with Crippen molar-refractivity contribution < 1.29 is 4.79 Å². The molecule has 4 heteroatoms. The average molecular weight is 243 g/mol. The molecule has 90 valence electrons. The molecule has 1 unspecified atom stereocenters. The summed E-state index contributed by atoms with van der Waals surface area (Å²) in [6, 6.07) is 9.52. The summed E-state index contributed by atoms with van der Waals surface area (Å²) in [7, 11) is 0. The fraction of sp³-hybridized carbons (Fsp3) is 0.417. The van der Waals surface area contributed by atoms with Crippen molar-refractivity contribution in [2.75, 3.05) is 0 Å². The van der Waals surface area contributed by atoms with Gasteiger partial charge in [-0.1, -0.05) is 37.3 Å². The van der Waals surface area contributed by atoms with Gasteiger partial charge < -0.3 is 11.1 Å². The summed E-state index contributed by atoms with van der Waals surface area (Å²) in [5.41, 5.74) is 6.62. The number of hydrogen-bond acceptors (Lipinski definition) is 2. The SMILES string of the molecule is CCC(NC(=O)[C@H](C)N)c1ccccc1.Cl. The van der Waals surface area contributed by atoms with Gasteiger partial charge in [0.25, 0.3) is 0 Å². The predicted octanol–water partition coefficient (Wildman–Crippen LogP) is 2.02. The lowest BCUT2D eigenvalue weighted by Gasteiger charge is -2.18. The first kappa shape index (κ1) is 14.9. The van der Waals surface area contributed by atoms with Crippen LogP contribution in [0.4, 0.5) is 0 Å². The van der Waals surface area contributed by atoms with Crippen molar-refractivity contribution in [2.45, 2.75) is 32.4 Å². The molecule has 0 aromatic heterocycles. The molecule has 0 aliphatic rings. The second-order valence-corrected chi connectivity index (χ2v) is 3.67. The van der Waals surface area contributed by atoms with Gasteiger partial charge in [-0.3, -0.25) is 4.79 Å². The maximum absolute atomic E-state index is 11.4. The lowest BCUT2D eigenvalue weighted by Crippen LogP contribution is -2.40. The van der Waals surface area contributed by atoms with Gasteiger partial charge in [-0.15, -0.1) is 12.4 Å². The Morgan fingerprint density at radius 3 is 2.38 bits per heavy atom. The summed E-state index contributed by atoms with van der Waals surface area (Å²) in [5.74, 6) is -0.106. The van der Waals surface area contributed by atoms with Gasteiger partial charge in [-0.25, -0.2) is 0 Å². The highest BCUT2D eigenvalue weighted by atomic mass is 35.5. The number of carbonyl (C=O) groups is 1. The normalized spacial score (nSPS) is 13.4. The average Bonchev–Trinajstić information content (AvgIpc) is 2.26. The summed E-state index contributed by atoms with van der Waals surface area (Å²) in [5, 5.41) is 2.92. The Morgan fingerprint density at radius 2 is 1.94 bits per heavy atom. The number of rotatable bonds is 4. The summed E-state index contributed by atoms with van der Waals surface area (Å²) in [4.78, 5) is 11.4. The molecular formula is C12H19ClN2O. The minimum absolute atomic E-state index is 0. The Hall–Kier alpha value is -1.06. The van der Waals surface area contributed by atoms with Crippen LogP contribution in [-0.2, 0) is 4.79 Å². The summed E-state index contributed by atoms with van der Waals surface area (Å²) in [6.07, 6.45) is 0.864. The van der Waals surface area contributed by atoms with Crippen LogP contribution in [0.15, 0.2) is 30.3 Å². The molecule has 3 nitrogen and oxygen atoms in total. The van der Waals surface area contributed by atoms with E-state index in [9.17, 15) is 4.79 Å². The van der Waals surface area contributed by atoms with Crippen LogP contribution in [-0.4, -0.2) is 11.9 Å². The zero-order valence-corrected chi connectivity index (χ0v) is 10.5. The lowest BCUT2D eigenvalue weighted by atomic mass is 10.0. The molecule has 0 saturated heterocycles. The Kier molecular flexibility index (Phi) is 6.77. The molecule has 1 aromatic rings. The van der Waals surface area contributed by atoms with E-state index in [-0.39, 0.29) is 24.4 Å². The molecule has 0 aliphatic carbocycles. The third-order valence-corrected chi connectivity index (χ3v) is 2.34. The number of nitrogens with two attached hydrogens (primary N) is 1. The van der Waals surface area contributed by atoms with Gasteiger partial charge in [0.05, 0.1) is 12.1 Å². The van der Waals surface area contributed by atoms with Crippen molar-refractivity contribution >= 4 is 18.3 Å². The van der Waals surface area contributed by atoms with Crippen molar-refractivity contribution in [3.63, 3.8) is 0 Å². The van der Waals surface area contributed by atoms with Gasteiger partial charge in [-0.2, -0.15) is 0 Å². The first-order chi connectivity index (χ1) is 7.15. The van der Waals surface area contributed by atoms with E-state index in [1.54, 1.807) is 6.92 Å². The van der Waals surface area contributed by atoms with Crippen LogP contribution in [0.2, 0.25) is 0 Å². The zero-order chi connectivity index (χ0) is 11.3. The minimum Gasteiger partial charge on any atom is -0.348 e. The molecule has 0 aliphatic heterocycles. The number of benzene rings is 1. The first-order valence-corrected chi connectivity index (χ1v) is 5.26. The van der Waals surface area contributed by atoms with E-state index in [0.29, 0.717) is 0 Å². The molecule has 0 fully saturated rings. The van der Waals surface area contributed by atoms with Crippen LogP contribution < -0.4 is 11.1 Å². The molecule has 1 amide bonds. The van der Waals surface area contributed by atoms with Crippen LogP contribution in [0.1, 0.15) is 31.9 Å². The molecule has 0 spiro atoms. The topological polar surface area (TPSA) is 55.1 Å².